The molecule has 0 aliphatic heterocycles. The number of carbonyl (C=O) groups is 2. The van der Waals surface area contributed by atoms with Crippen LogP contribution in [-0.4, -0.2) is 16.8 Å². The molecule has 110 valence electrons. The zero-order valence-corrected chi connectivity index (χ0v) is 12.4. The maximum Gasteiger partial charge on any atom is 0.257 e. The van der Waals surface area contributed by atoms with Crippen LogP contribution < -0.4 is 11.1 Å². The number of para-hydroxylation sites is 1. The van der Waals surface area contributed by atoms with Crippen molar-refractivity contribution in [2.24, 2.45) is 5.73 Å². The Morgan fingerprint density at radius 2 is 1.95 bits per heavy atom. The predicted molar refractivity (Wildman–Crippen MR) is 86.9 cm³/mol. The first-order valence-electron chi connectivity index (χ1n) is 6.66. The number of nitrogens with one attached hydrogen (secondary N) is 1. The van der Waals surface area contributed by atoms with Crippen LogP contribution in [0.4, 0.5) is 5.13 Å². The molecule has 3 aromatic rings. The van der Waals surface area contributed by atoms with Crippen molar-refractivity contribution < 1.29 is 9.59 Å². The highest BCUT2D eigenvalue weighted by Gasteiger charge is 2.10. The number of primary amides is 1. The third kappa shape index (κ3) is 3.12. The van der Waals surface area contributed by atoms with Crippen LogP contribution in [0.5, 0.6) is 0 Å². The smallest absolute Gasteiger partial charge is 0.257 e. The minimum atomic E-state index is -0.427. The number of thiazole rings is 1. The van der Waals surface area contributed by atoms with E-state index in [4.69, 9.17) is 5.73 Å². The summed E-state index contributed by atoms with van der Waals surface area (Å²) in [5.74, 6) is -0.686. The summed E-state index contributed by atoms with van der Waals surface area (Å²) in [7, 11) is 0. The zero-order chi connectivity index (χ0) is 15.5. The van der Waals surface area contributed by atoms with Gasteiger partial charge in [0, 0.05) is 5.56 Å². The Bertz CT molecular complexity index is 824. The summed E-state index contributed by atoms with van der Waals surface area (Å²) >= 11 is 1.42. The number of rotatable bonds is 4. The van der Waals surface area contributed by atoms with Crippen LogP contribution in [0.1, 0.15) is 15.9 Å². The lowest BCUT2D eigenvalue weighted by atomic mass is 10.1. The molecule has 1 aromatic heterocycles. The molecule has 22 heavy (non-hydrogen) atoms. The van der Waals surface area contributed by atoms with Crippen molar-refractivity contribution in [3.05, 3.63) is 59.7 Å². The fourth-order valence-electron chi connectivity index (χ4n) is 2.12. The van der Waals surface area contributed by atoms with E-state index in [-0.39, 0.29) is 12.3 Å². The number of aromatic nitrogens is 1. The molecular weight excluding hydrogens is 298 g/mol. The first kappa shape index (κ1) is 14.2. The Hall–Kier alpha value is -2.73. The van der Waals surface area contributed by atoms with Gasteiger partial charge in [-0.15, -0.1) is 0 Å². The second kappa shape index (κ2) is 5.95. The molecule has 0 aliphatic carbocycles. The van der Waals surface area contributed by atoms with Crippen molar-refractivity contribution in [3.63, 3.8) is 0 Å². The van der Waals surface area contributed by atoms with Gasteiger partial charge in [0.25, 0.3) is 5.91 Å². The van der Waals surface area contributed by atoms with Gasteiger partial charge < -0.3 is 5.73 Å². The summed E-state index contributed by atoms with van der Waals surface area (Å²) in [5, 5.41) is 3.33. The number of hydrogen-bond donors (Lipinski definition) is 2. The second-order valence-electron chi connectivity index (χ2n) is 4.78. The Balaban J connectivity index is 1.80. The number of carbonyl (C=O) groups excluding carboxylic acids is 2. The molecule has 3 N–H and O–H groups in total. The van der Waals surface area contributed by atoms with Crippen molar-refractivity contribution in [1.29, 1.82) is 0 Å². The molecule has 0 saturated carbocycles. The first-order chi connectivity index (χ1) is 10.6. The van der Waals surface area contributed by atoms with Gasteiger partial charge in [-0.3, -0.25) is 14.9 Å². The van der Waals surface area contributed by atoms with Gasteiger partial charge >= 0.3 is 0 Å². The van der Waals surface area contributed by atoms with E-state index < -0.39 is 5.91 Å². The van der Waals surface area contributed by atoms with Gasteiger partial charge in [0.2, 0.25) is 5.91 Å². The van der Waals surface area contributed by atoms with E-state index >= 15 is 0 Å². The van der Waals surface area contributed by atoms with E-state index in [1.165, 1.54) is 11.3 Å². The van der Waals surface area contributed by atoms with Gasteiger partial charge in [-0.2, -0.15) is 0 Å². The Morgan fingerprint density at radius 3 is 2.73 bits per heavy atom. The molecule has 6 heteroatoms. The van der Waals surface area contributed by atoms with Crippen LogP contribution in [0.15, 0.2) is 48.5 Å². The normalized spacial score (nSPS) is 10.5. The Labute approximate surface area is 130 Å². The largest absolute Gasteiger partial charge is 0.369 e. The lowest BCUT2D eigenvalue weighted by molar-refractivity contribution is -0.117. The average molecular weight is 311 g/mol. The minimum absolute atomic E-state index is 0.113. The number of benzene rings is 2. The minimum Gasteiger partial charge on any atom is -0.369 e. The summed E-state index contributed by atoms with van der Waals surface area (Å²) in [4.78, 5) is 27.6. The molecule has 0 radical (unpaired) electrons. The van der Waals surface area contributed by atoms with Crippen LogP contribution in [0, 0.1) is 0 Å². The summed E-state index contributed by atoms with van der Waals surface area (Å²) in [6.45, 7) is 0. The van der Waals surface area contributed by atoms with E-state index in [0.717, 1.165) is 10.2 Å². The fourth-order valence-corrected chi connectivity index (χ4v) is 2.98. The number of anilines is 1. The molecule has 2 aromatic carbocycles. The van der Waals surface area contributed by atoms with Gasteiger partial charge in [-0.25, -0.2) is 4.98 Å². The molecule has 1 heterocycles. The third-order valence-electron chi connectivity index (χ3n) is 3.08. The van der Waals surface area contributed by atoms with Crippen molar-refractivity contribution >= 4 is 38.5 Å². The van der Waals surface area contributed by atoms with Crippen molar-refractivity contribution in [1.82, 2.24) is 4.98 Å². The average Bonchev–Trinajstić information content (AvgIpc) is 2.89. The van der Waals surface area contributed by atoms with Gasteiger partial charge in [0.1, 0.15) is 0 Å². The van der Waals surface area contributed by atoms with Crippen molar-refractivity contribution in [2.75, 3.05) is 5.32 Å². The lowest BCUT2D eigenvalue weighted by Crippen LogP contribution is -2.15. The maximum absolute atomic E-state index is 12.3. The monoisotopic (exact) mass is 311 g/mol. The van der Waals surface area contributed by atoms with Gasteiger partial charge in [-0.1, -0.05) is 35.6 Å². The molecule has 0 bridgehead atoms. The van der Waals surface area contributed by atoms with Crippen LogP contribution in [0.25, 0.3) is 10.2 Å². The zero-order valence-electron chi connectivity index (χ0n) is 11.6. The molecular formula is C16H13N3O2S. The van der Waals surface area contributed by atoms with Crippen molar-refractivity contribution in [3.8, 4) is 0 Å². The maximum atomic E-state index is 12.3. The number of hydrogen-bond acceptors (Lipinski definition) is 4. The number of nitrogens with two attached hydrogens (primary N) is 1. The quantitative estimate of drug-likeness (QED) is 0.776. The highest BCUT2D eigenvalue weighted by molar-refractivity contribution is 7.22. The van der Waals surface area contributed by atoms with Crippen LogP contribution in [0.3, 0.4) is 0 Å². The summed E-state index contributed by atoms with van der Waals surface area (Å²) in [5.41, 5.74) is 7.20. The predicted octanol–water partition coefficient (Wildman–Crippen LogP) is 2.58. The highest BCUT2D eigenvalue weighted by Crippen LogP contribution is 2.25. The fraction of sp³-hybridized carbons (Fsp3) is 0.0625. The molecule has 2 amide bonds. The molecule has 0 atom stereocenters. The third-order valence-corrected chi connectivity index (χ3v) is 4.03. The molecule has 0 unspecified atom stereocenters. The molecule has 0 fully saturated rings. The lowest BCUT2D eigenvalue weighted by Gasteiger charge is -2.04. The first-order valence-corrected chi connectivity index (χ1v) is 7.47. The topological polar surface area (TPSA) is 85.1 Å². The van der Waals surface area contributed by atoms with Crippen LogP contribution >= 0.6 is 11.3 Å². The Morgan fingerprint density at radius 1 is 1.14 bits per heavy atom. The van der Waals surface area contributed by atoms with Gasteiger partial charge in [0.05, 0.1) is 16.6 Å². The highest BCUT2D eigenvalue weighted by atomic mass is 32.1. The number of nitrogens with zero attached hydrogens (tertiary/aromatic N) is 1. The van der Waals surface area contributed by atoms with Gasteiger partial charge in [0.15, 0.2) is 5.13 Å². The summed E-state index contributed by atoms with van der Waals surface area (Å²) in [6.07, 6.45) is 0.113. The molecule has 5 nitrogen and oxygen atoms in total. The van der Waals surface area contributed by atoms with E-state index in [1.807, 2.05) is 24.3 Å². The molecule has 0 saturated heterocycles. The van der Waals surface area contributed by atoms with E-state index in [9.17, 15) is 9.59 Å². The standard InChI is InChI=1S/C16H13N3O2S/c17-14(20)9-10-4-3-5-11(8-10)15(21)19-16-18-12-6-1-2-7-13(12)22-16/h1-8H,9H2,(H2,17,20)(H,18,19,21). The van der Waals surface area contributed by atoms with Crippen LogP contribution in [0.2, 0.25) is 0 Å². The van der Waals surface area contributed by atoms with E-state index in [2.05, 4.69) is 10.3 Å². The second-order valence-corrected chi connectivity index (χ2v) is 5.81. The molecule has 0 spiro atoms. The summed E-state index contributed by atoms with van der Waals surface area (Å²) < 4.78 is 1.01. The Kier molecular flexibility index (Phi) is 3.84. The van der Waals surface area contributed by atoms with Crippen molar-refractivity contribution in [2.45, 2.75) is 6.42 Å². The molecule has 0 aliphatic rings. The number of amides is 2. The van der Waals surface area contributed by atoms with Gasteiger partial charge in [-0.05, 0) is 29.8 Å². The molecule has 3 rings (SSSR count). The van der Waals surface area contributed by atoms with Crippen LogP contribution in [-0.2, 0) is 11.2 Å². The SMILES string of the molecule is NC(=O)Cc1cccc(C(=O)Nc2nc3ccccc3s2)c1. The van der Waals surface area contributed by atoms with E-state index in [1.54, 1.807) is 24.3 Å². The summed E-state index contributed by atoms with van der Waals surface area (Å²) in [6, 6.07) is 14.5. The van der Waals surface area contributed by atoms with E-state index in [0.29, 0.717) is 16.3 Å². The number of fused-ring (bicyclic) bond motifs is 1.